The van der Waals surface area contributed by atoms with Gasteiger partial charge in [0, 0.05) is 0 Å². The lowest BCUT2D eigenvalue weighted by Crippen LogP contribution is -1.70. The second-order valence-corrected chi connectivity index (χ2v) is 6.33. The van der Waals surface area contributed by atoms with Gasteiger partial charge in [0.15, 0.2) is 0 Å². The zero-order chi connectivity index (χ0) is 4.99. The average Bonchev–Trinajstić information content (AvgIpc) is 1.35. The van der Waals surface area contributed by atoms with Gasteiger partial charge in [-0.25, -0.2) is 0 Å². The Hall–Kier alpha value is 1.43. The molecule has 0 bridgehead atoms. The Bertz CT molecular complexity index is 30.0. The topological polar surface area (TPSA) is 0 Å². The van der Waals surface area contributed by atoms with Crippen LogP contribution >= 0.6 is 44.2 Å². The molecule has 0 nitrogen and oxygen atoms in total. The predicted octanol–water partition coefficient (Wildman–Crippen LogP) is 2.78. The molecule has 0 heterocycles. The minimum absolute atomic E-state index is 0.748. The normalized spacial score (nSPS) is 14.5. The molecule has 0 rings (SSSR count). The Morgan fingerprint density at radius 2 is 2.17 bits per heavy atom. The molecule has 6 heavy (non-hydrogen) atoms. The van der Waals surface area contributed by atoms with Crippen LogP contribution in [0.15, 0.2) is 0 Å². The summed E-state index contributed by atoms with van der Waals surface area (Å²) in [6.07, 6.45) is 2.10. The van der Waals surface area contributed by atoms with Gasteiger partial charge in [-0.3, -0.25) is 0 Å². The highest BCUT2D eigenvalue weighted by molar-refractivity contribution is 14.1. The molecule has 0 fully saturated rings. The van der Waals surface area contributed by atoms with Crippen molar-refractivity contribution in [2.75, 3.05) is 6.26 Å². The summed E-state index contributed by atoms with van der Waals surface area (Å²) in [4.78, 5) is 0. The smallest absolute Gasteiger partial charge is 0.0639 e. The first-order valence-corrected chi connectivity index (χ1v) is 5.47. The second kappa shape index (κ2) is 4.59. The highest BCUT2D eigenvalue weighted by Gasteiger charge is 1.88. The number of hydrogen-bond donors (Lipinski definition) is 0. The predicted molar refractivity (Wildman–Crippen MR) is 44.6 cm³/mol. The van der Waals surface area contributed by atoms with Crippen LogP contribution in [0.25, 0.3) is 0 Å². The van der Waals surface area contributed by atoms with Gasteiger partial charge in [0.1, 0.15) is 0 Å². The van der Waals surface area contributed by atoms with E-state index in [1.54, 1.807) is 0 Å². The van der Waals surface area contributed by atoms with Crippen LogP contribution in [0.5, 0.6) is 0 Å². The van der Waals surface area contributed by atoms with Crippen molar-refractivity contribution in [3.8, 4) is 0 Å². The quantitative estimate of drug-likeness (QED) is 0.409. The van der Waals surface area contributed by atoms with E-state index in [2.05, 4.69) is 35.8 Å². The standard InChI is InChI=1S/C3H7IS2/c1-3(4)6-5-2/h3H,1-2H3. The van der Waals surface area contributed by atoms with Crippen LogP contribution in [-0.4, -0.2) is 9.51 Å². The summed E-state index contributed by atoms with van der Waals surface area (Å²) < 4.78 is 0.748. The van der Waals surface area contributed by atoms with E-state index in [-0.39, 0.29) is 0 Å². The molecule has 1 atom stereocenters. The van der Waals surface area contributed by atoms with Gasteiger partial charge < -0.3 is 0 Å². The number of halogens is 1. The van der Waals surface area contributed by atoms with Crippen LogP contribution in [0.3, 0.4) is 0 Å². The van der Waals surface area contributed by atoms with Crippen molar-refractivity contribution in [2.24, 2.45) is 0 Å². The van der Waals surface area contributed by atoms with Gasteiger partial charge in [0.2, 0.25) is 0 Å². The first-order chi connectivity index (χ1) is 2.77. The zero-order valence-electron chi connectivity index (χ0n) is 3.77. The number of hydrogen-bond acceptors (Lipinski definition) is 2. The highest BCUT2D eigenvalue weighted by atomic mass is 127. The van der Waals surface area contributed by atoms with E-state index in [4.69, 9.17) is 0 Å². The third-order valence-corrected chi connectivity index (χ3v) is 3.93. The van der Waals surface area contributed by atoms with Crippen molar-refractivity contribution in [2.45, 2.75) is 10.2 Å². The minimum atomic E-state index is 0.748. The van der Waals surface area contributed by atoms with Crippen molar-refractivity contribution in [1.29, 1.82) is 0 Å². The molecule has 0 radical (unpaired) electrons. The first kappa shape index (κ1) is 7.43. The van der Waals surface area contributed by atoms with E-state index >= 15 is 0 Å². The monoisotopic (exact) mass is 234 g/mol. The molecule has 0 saturated carbocycles. The average molecular weight is 234 g/mol. The maximum atomic E-state index is 2.38. The molecule has 0 aromatic rings. The van der Waals surface area contributed by atoms with E-state index < -0.39 is 0 Å². The van der Waals surface area contributed by atoms with E-state index in [1.807, 2.05) is 21.6 Å². The Labute approximate surface area is 60.4 Å². The molecular formula is C3H7IS2. The van der Waals surface area contributed by atoms with E-state index in [9.17, 15) is 0 Å². The van der Waals surface area contributed by atoms with Crippen molar-refractivity contribution in [3.63, 3.8) is 0 Å². The van der Waals surface area contributed by atoms with Gasteiger partial charge in [0.05, 0.1) is 3.26 Å². The number of rotatable bonds is 2. The summed E-state index contributed by atoms with van der Waals surface area (Å²) in [5.74, 6) is 0. The molecule has 0 spiro atoms. The molecule has 0 aliphatic heterocycles. The molecule has 0 aliphatic rings. The first-order valence-electron chi connectivity index (χ1n) is 1.61. The molecule has 0 N–H and O–H groups in total. The molecule has 0 saturated heterocycles. The third kappa shape index (κ3) is 5.43. The molecule has 0 aromatic carbocycles. The Kier molecular flexibility index (Phi) is 5.68. The highest BCUT2D eigenvalue weighted by Crippen LogP contribution is 2.27. The van der Waals surface area contributed by atoms with E-state index in [0.29, 0.717) is 0 Å². The summed E-state index contributed by atoms with van der Waals surface area (Å²) in [5.41, 5.74) is 0. The fourth-order valence-corrected chi connectivity index (χ4v) is 3.06. The molecule has 0 aliphatic carbocycles. The van der Waals surface area contributed by atoms with Crippen molar-refractivity contribution < 1.29 is 0 Å². The third-order valence-electron chi connectivity index (χ3n) is 0.229. The van der Waals surface area contributed by atoms with Crippen LogP contribution in [0.4, 0.5) is 0 Å². The van der Waals surface area contributed by atoms with Crippen molar-refractivity contribution in [1.82, 2.24) is 0 Å². The van der Waals surface area contributed by atoms with Gasteiger partial charge in [-0.1, -0.05) is 44.2 Å². The Morgan fingerprint density at radius 3 is 2.17 bits per heavy atom. The van der Waals surface area contributed by atoms with Crippen LogP contribution < -0.4 is 0 Å². The zero-order valence-corrected chi connectivity index (χ0v) is 7.56. The Balaban J connectivity index is 2.63. The molecule has 0 aromatic heterocycles. The summed E-state index contributed by atoms with van der Waals surface area (Å²) in [5, 5.41) is 0. The van der Waals surface area contributed by atoms with Crippen LogP contribution in [-0.2, 0) is 0 Å². The second-order valence-electron chi connectivity index (χ2n) is 0.806. The van der Waals surface area contributed by atoms with Crippen molar-refractivity contribution >= 4 is 44.2 Å². The molecule has 3 heteroatoms. The fraction of sp³-hybridized carbons (Fsp3) is 1.00. The van der Waals surface area contributed by atoms with Gasteiger partial charge in [-0.2, -0.15) is 0 Å². The van der Waals surface area contributed by atoms with Crippen LogP contribution in [0.2, 0.25) is 0 Å². The summed E-state index contributed by atoms with van der Waals surface area (Å²) in [6.45, 7) is 2.18. The summed E-state index contributed by atoms with van der Waals surface area (Å²) in [7, 11) is 3.71. The Morgan fingerprint density at radius 1 is 1.67 bits per heavy atom. The van der Waals surface area contributed by atoms with Crippen molar-refractivity contribution in [3.05, 3.63) is 0 Å². The largest absolute Gasteiger partial charge is 0.0965 e. The lowest BCUT2D eigenvalue weighted by molar-refractivity contribution is 1.49. The molecular weight excluding hydrogens is 227 g/mol. The summed E-state index contributed by atoms with van der Waals surface area (Å²) in [6, 6.07) is 0. The molecule has 1 unspecified atom stereocenters. The minimum Gasteiger partial charge on any atom is -0.0965 e. The fourth-order valence-electron chi connectivity index (χ4n) is 0.133. The van der Waals surface area contributed by atoms with E-state index in [0.717, 1.165) is 3.26 Å². The molecule has 0 amide bonds. The van der Waals surface area contributed by atoms with Crippen LogP contribution in [0, 0.1) is 0 Å². The maximum absolute atomic E-state index is 2.38. The van der Waals surface area contributed by atoms with Crippen LogP contribution in [0.1, 0.15) is 6.92 Å². The summed E-state index contributed by atoms with van der Waals surface area (Å²) >= 11 is 2.38. The van der Waals surface area contributed by atoms with Gasteiger partial charge in [-0.15, -0.1) is 0 Å². The SMILES string of the molecule is CSSC(C)I. The number of alkyl halides is 1. The van der Waals surface area contributed by atoms with Gasteiger partial charge >= 0.3 is 0 Å². The lowest BCUT2D eigenvalue weighted by Gasteiger charge is -1.93. The lowest BCUT2D eigenvalue weighted by atomic mass is 11.0. The van der Waals surface area contributed by atoms with Gasteiger partial charge in [0.25, 0.3) is 0 Å². The van der Waals surface area contributed by atoms with E-state index in [1.165, 1.54) is 0 Å². The molecule has 38 valence electrons. The van der Waals surface area contributed by atoms with Gasteiger partial charge in [-0.05, 0) is 13.2 Å². The maximum Gasteiger partial charge on any atom is 0.0639 e.